The van der Waals surface area contributed by atoms with Gasteiger partial charge in [0.1, 0.15) is 11.3 Å². The number of amides is 5. The number of fused-ring (bicyclic) bond motifs is 3. The second-order valence-corrected chi connectivity index (χ2v) is 9.67. The lowest BCUT2D eigenvalue weighted by Gasteiger charge is -2.26. The quantitative estimate of drug-likeness (QED) is 0.321. The topological polar surface area (TPSA) is 134 Å². The maximum absolute atomic E-state index is 13.1. The van der Waals surface area contributed by atoms with Crippen molar-refractivity contribution in [2.75, 3.05) is 13.7 Å². The maximum atomic E-state index is 13.1. The smallest absolute Gasteiger partial charge is 0.323 e. The minimum atomic E-state index is -1.63. The van der Waals surface area contributed by atoms with E-state index in [-0.39, 0.29) is 37.1 Å². The third-order valence-electron chi connectivity index (χ3n) is 7.47. The highest BCUT2D eigenvalue weighted by molar-refractivity contribution is 6.11. The van der Waals surface area contributed by atoms with Gasteiger partial charge in [0.25, 0.3) is 11.8 Å². The first-order valence-corrected chi connectivity index (χ1v) is 11.8. The second kappa shape index (κ2) is 7.93. The van der Waals surface area contributed by atoms with E-state index in [9.17, 15) is 24.0 Å². The first kappa shape index (κ1) is 22.8. The van der Waals surface area contributed by atoms with E-state index < -0.39 is 23.0 Å². The predicted molar refractivity (Wildman–Crippen MR) is 128 cm³/mol. The van der Waals surface area contributed by atoms with Crippen molar-refractivity contribution in [3.63, 3.8) is 0 Å². The number of aryl methyl sites for hydroxylation is 1. The molecule has 10 heteroatoms. The van der Waals surface area contributed by atoms with Crippen molar-refractivity contribution in [1.29, 1.82) is 0 Å². The summed E-state index contributed by atoms with van der Waals surface area (Å²) < 4.78 is 5.21. The Kier molecular flexibility index (Phi) is 4.88. The minimum absolute atomic E-state index is 0.121. The highest BCUT2D eigenvalue weighted by Crippen LogP contribution is 2.41. The summed E-state index contributed by atoms with van der Waals surface area (Å²) in [5, 5.41) is 7.67. The molecule has 3 heterocycles. The molecule has 10 nitrogen and oxygen atoms in total. The van der Waals surface area contributed by atoms with Gasteiger partial charge in [0, 0.05) is 17.7 Å². The van der Waals surface area contributed by atoms with E-state index in [1.54, 1.807) is 30.3 Å². The SMILES string of the molecule is COc1ccc2c(c1)C(=O)N(C[C@@]1(C#Cc3ccc4c(c3)CC[C@@]43NC(=O)CC3=O)NC(=O)NC1=O)C2. The second-order valence-electron chi connectivity index (χ2n) is 9.67. The van der Waals surface area contributed by atoms with E-state index >= 15 is 0 Å². The lowest BCUT2D eigenvalue weighted by atomic mass is 9.88. The number of hydrogen-bond donors (Lipinski definition) is 3. The van der Waals surface area contributed by atoms with Gasteiger partial charge in [-0.05, 0) is 53.8 Å². The Morgan fingerprint density at radius 3 is 2.57 bits per heavy atom. The zero-order chi connectivity index (χ0) is 25.9. The zero-order valence-corrected chi connectivity index (χ0v) is 19.9. The van der Waals surface area contributed by atoms with E-state index in [2.05, 4.69) is 27.8 Å². The predicted octanol–water partition coefficient (Wildman–Crippen LogP) is 0.511. The number of rotatable bonds is 3. The molecular weight excluding hydrogens is 476 g/mol. The molecule has 2 aromatic carbocycles. The van der Waals surface area contributed by atoms with Gasteiger partial charge in [0.05, 0.1) is 20.1 Å². The van der Waals surface area contributed by atoms with Crippen LogP contribution in [0.2, 0.25) is 0 Å². The van der Waals surface area contributed by atoms with Gasteiger partial charge in [-0.15, -0.1) is 0 Å². The molecule has 0 bridgehead atoms. The highest BCUT2D eigenvalue weighted by atomic mass is 16.5. The van der Waals surface area contributed by atoms with Crippen LogP contribution in [0.4, 0.5) is 4.79 Å². The fourth-order valence-corrected chi connectivity index (χ4v) is 5.61. The number of nitrogens with one attached hydrogen (secondary N) is 3. The Morgan fingerprint density at radius 1 is 1.03 bits per heavy atom. The maximum Gasteiger partial charge on any atom is 0.323 e. The number of carbonyl (C=O) groups excluding carboxylic acids is 5. The first-order chi connectivity index (χ1) is 17.7. The van der Waals surface area contributed by atoms with E-state index in [4.69, 9.17) is 4.74 Å². The van der Waals surface area contributed by atoms with Crippen molar-refractivity contribution >= 4 is 29.5 Å². The van der Waals surface area contributed by atoms with Gasteiger partial charge in [-0.25, -0.2) is 4.79 Å². The Morgan fingerprint density at radius 2 is 1.86 bits per heavy atom. The molecule has 0 unspecified atom stereocenters. The van der Waals surface area contributed by atoms with E-state index in [1.807, 2.05) is 6.07 Å². The summed E-state index contributed by atoms with van der Waals surface area (Å²) in [6.07, 6.45) is 0.974. The van der Waals surface area contributed by atoms with Gasteiger partial charge in [0.2, 0.25) is 11.4 Å². The Hall–Kier alpha value is -4.65. The van der Waals surface area contributed by atoms with E-state index in [0.29, 0.717) is 29.7 Å². The first-order valence-electron chi connectivity index (χ1n) is 11.8. The Labute approximate surface area is 211 Å². The summed E-state index contributed by atoms with van der Waals surface area (Å²) in [5.41, 5.74) is 0.929. The molecule has 0 aromatic heterocycles. The molecule has 6 rings (SSSR count). The fourth-order valence-electron chi connectivity index (χ4n) is 5.61. The van der Waals surface area contributed by atoms with Gasteiger partial charge < -0.3 is 20.3 Å². The van der Waals surface area contributed by atoms with Crippen LogP contribution in [0.15, 0.2) is 36.4 Å². The van der Waals surface area contributed by atoms with Crippen LogP contribution in [0, 0.1) is 11.8 Å². The molecule has 1 spiro atoms. The van der Waals surface area contributed by atoms with Crippen molar-refractivity contribution in [2.45, 2.75) is 36.9 Å². The monoisotopic (exact) mass is 498 g/mol. The molecule has 0 radical (unpaired) electrons. The number of nitrogens with zero attached hydrogens (tertiary/aromatic N) is 1. The molecule has 2 fully saturated rings. The molecule has 1 aliphatic carbocycles. The van der Waals surface area contributed by atoms with Crippen LogP contribution in [-0.2, 0) is 32.9 Å². The van der Waals surface area contributed by atoms with Gasteiger partial charge in [-0.3, -0.25) is 24.5 Å². The van der Waals surface area contributed by atoms with Crippen LogP contribution >= 0.6 is 0 Å². The molecule has 3 N–H and O–H groups in total. The minimum Gasteiger partial charge on any atom is -0.497 e. The van der Waals surface area contributed by atoms with Crippen molar-refractivity contribution in [1.82, 2.24) is 20.9 Å². The summed E-state index contributed by atoms with van der Waals surface area (Å²) in [6.45, 7) is 0.132. The molecular formula is C27H22N4O6. The summed E-state index contributed by atoms with van der Waals surface area (Å²) in [4.78, 5) is 63.9. The van der Waals surface area contributed by atoms with E-state index in [0.717, 1.165) is 16.7 Å². The molecule has 2 atom stereocenters. The number of carbonyl (C=O) groups is 5. The number of ketones is 1. The molecule has 5 amide bonds. The largest absolute Gasteiger partial charge is 0.497 e. The van der Waals surface area contributed by atoms with Crippen molar-refractivity contribution in [3.8, 4) is 17.6 Å². The molecule has 4 aliphatic rings. The number of ether oxygens (including phenoxy) is 1. The third kappa shape index (κ3) is 3.46. The summed E-state index contributed by atoms with van der Waals surface area (Å²) in [6, 6.07) is 9.87. The highest BCUT2D eigenvalue weighted by Gasteiger charge is 2.51. The van der Waals surface area contributed by atoms with Gasteiger partial charge >= 0.3 is 6.03 Å². The number of hydrogen-bond acceptors (Lipinski definition) is 6. The van der Waals surface area contributed by atoms with Crippen molar-refractivity contribution in [2.24, 2.45) is 0 Å². The average Bonchev–Trinajstić information content (AvgIpc) is 3.56. The van der Waals surface area contributed by atoms with Crippen LogP contribution in [0.25, 0.3) is 0 Å². The standard InChI is InChI=1S/C27H22N4O6/c1-37-18-4-3-17-13-31(23(34)19(17)11-18)14-26(24(35)28-25(36)30-26)8-6-15-2-5-20-16(10-15)7-9-27(20)21(32)12-22(33)29-27/h2-5,10-11H,7,9,12-14H2,1H3,(H,29,33)(H2,28,30,35,36)/t26-,27-/m1/s1. The Balaban J connectivity index is 1.30. The van der Waals surface area contributed by atoms with Gasteiger partial charge in [-0.1, -0.05) is 24.0 Å². The van der Waals surface area contributed by atoms with Crippen molar-refractivity contribution in [3.05, 3.63) is 64.2 Å². The molecule has 2 saturated heterocycles. The summed E-state index contributed by atoms with van der Waals surface area (Å²) in [5.74, 6) is 5.11. The van der Waals surface area contributed by atoms with Gasteiger partial charge in [-0.2, -0.15) is 0 Å². The van der Waals surface area contributed by atoms with Crippen LogP contribution in [0.3, 0.4) is 0 Å². The van der Waals surface area contributed by atoms with Crippen molar-refractivity contribution < 1.29 is 28.7 Å². The lowest BCUT2D eigenvalue weighted by molar-refractivity contribution is -0.124. The molecule has 0 saturated carbocycles. The fraction of sp³-hybridized carbons (Fsp3) is 0.296. The lowest BCUT2D eigenvalue weighted by Crippen LogP contribution is -2.54. The van der Waals surface area contributed by atoms with E-state index in [1.165, 1.54) is 12.0 Å². The molecule has 37 heavy (non-hydrogen) atoms. The summed E-state index contributed by atoms with van der Waals surface area (Å²) in [7, 11) is 1.52. The van der Waals surface area contributed by atoms with Crippen LogP contribution < -0.4 is 20.7 Å². The molecule has 2 aromatic rings. The van der Waals surface area contributed by atoms with Crippen LogP contribution in [-0.4, -0.2) is 53.6 Å². The summed E-state index contributed by atoms with van der Waals surface area (Å²) >= 11 is 0. The average molecular weight is 498 g/mol. The normalized spacial score (nSPS) is 25.4. The van der Waals surface area contributed by atoms with Crippen LogP contribution in [0.1, 0.15) is 45.5 Å². The Bertz CT molecular complexity index is 1500. The zero-order valence-electron chi connectivity index (χ0n) is 19.9. The van der Waals surface area contributed by atoms with Crippen LogP contribution in [0.5, 0.6) is 5.75 Å². The van der Waals surface area contributed by atoms with Gasteiger partial charge in [0.15, 0.2) is 5.78 Å². The number of urea groups is 1. The third-order valence-corrected chi connectivity index (χ3v) is 7.47. The number of benzene rings is 2. The number of imide groups is 1. The molecule has 186 valence electrons. The molecule has 3 aliphatic heterocycles. The number of Topliss-reactive ketones (excluding diaryl/α,β-unsaturated/α-hetero) is 1. The number of methoxy groups -OCH3 is 1.